The Kier molecular flexibility index (Phi) is 3.17. The second-order valence-corrected chi connectivity index (χ2v) is 5.32. The van der Waals surface area contributed by atoms with Crippen LogP contribution >= 0.6 is 0 Å². The van der Waals surface area contributed by atoms with Crippen molar-refractivity contribution in [2.24, 2.45) is 0 Å². The lowest BCUT2D eigenvalue weighted by molar-refractivity contribution is -0.0879. The Bertz CT molecular complexity index is 554. The van der Waals surface area contributed by atoms with Crippen LogP contribution in [0.4, 0.5) is 0 Å². The number of aromatic nitrogens is 1. The van der Waals surface area contributed by atoms with Gasteiger partial charge in [-0.3, -0.25) is 9.78 Å². The maximum Gasteiger partial charge on any atom is 0.335 e. The first-order valence-corrected chi connectivity index (χ1v) is 6.71. The molecule has 0 radical (unpaired) electrons. The van der Waals surface area contributed by atoms with Crippen LogP contribution in [0.25, 0.3) is 0 Å². The van der Waals surface area contributed by atoms with Crippen LogP contribution in [0.2, 0.25) is 0 Å². The molecule has 1 N–H and O–H groups in total. The molecule has 2 heterocycles. The quantitative estimate of drug-likeness (QED) is 0.877. The number of hydrogen-bond acceptors (Lipinski definition) is 4. The van der Waals surface area contributed by atoms with Gasteiger partial charge < -0.3 is 14.7 Å². The van der Waals surface area contributed by atoms with Crippen LogP contribution in [0.5, 0.6) is 0 Å². The number of morpholine rings is 1. The normalized spacial score (nSPS) is 20.5. The molecule has 6 nitrogen and oxygen atoms in total. The molecule has 20 heavy (non-hydrogen) atoms. The number of carboxylic acid groups (broad SMARTS) is 1. The molecule has 3 rings (SSSR count). The molecule has 1 spiro atoms. The summed E-state index contributed by atoms with van der Waals surface area (Å²) < 4.78 is 5.50. The summed E-state index contributed by atoms with van der Waals surface area (Å²) >= 11 is 0. The van der Waals surface area contributed by atoms with E-state index in [1.165, 1.54) is 18.3 Å². The molecular weight excluding hydrogens is 260 g/mol. The first-order valence-electron chi connectivity index (χ1n) is 6.71. The second-order valence-electron chi connectivity index (χ2n) is 5.32. The number of pyridine rings is 1. The van der Waals surface area contributed by atoms with E-state index in [0.717, 1.165) is 19.3 Å². The van der Waals surface area contributed by atoms with E-state index in [1.54, 1.807) is 0 Å². The standard InChI is InChI=1S/C14H16N2O4/c17-12(11-8-10(13(18)19)2-5-15-11)16-6-7-20-9-14(16)3-1-4-14/h2,5,8H,1,3-4,6-7,9H2,(H,18,19). The van der Waals surface area contributed by atoms with Crippen LogP contribution in [-0.2, 0) is 4.74 Å². The van der Waals surface area contributed by atoms with Crippen molar-refractivity contribution < 1.29 is 19.4 Å². The van der Waals surface area contributed by atoms with Crippen molar-refractivity contribution in [1.29, 1.82) is 0 Å². The van der Waals surface area contributed by atoms with Crippen molar-refractivity contribution in [3.8, 4) is 0 Å². The SMILES string of the molecule is O=C(O)c1ccnc(C(=O)N2CCOCC23CCC3)c1. The number of carbonyl (C=O) groups is 2. The largest absolute Gasteiger partial charge is 0.478 e. The molecule has 106 valence electrons. The third-order valence-corrected chi connectivity index (χ3v) is 4.16. The van der Waals surface area contributed by atoms with Gasteiger partial charge in [-0.05, 0) is 31.4 Å². The first kappa shape index (κ1) is 13.1. The number of ether oxygens (including phenoxy) is 1. The van der Waals surface area contributed by atoms with Crippen molar-refractivity contribution in [1.82, 2.24) is 9.88 Å². The molecule has 0 unspecified atom stereocenters. The minimum absolute atomic E-state index is 0.0827. The Morgan fingerprint density at radius 1 is 1.40 bits per heavy atom. The maximum atomic E-state index is 12.6. The Balaban J connectivity index is 1.87. The highest BCUT2D eigenvalue weighted by atomic mass is 16.5. The zero-order chi connectivity index (χ0) is 14.2. The fourth-order valence-electron chi connectivity index (χ4n) is 2.87. The number of carbonyl (C=O) groups excluding carboxylic acids is 1. The van der Waals surface area contributed by atoms with Gasteiger partial charge in [0.2, 0.25) is 0 Å². The molecule has 1 aromatic heterocycles. The summed E-state index contributed by atoms with van der Waals surface area (Å²) in [5.41, 5.74) is 0.0771. The van der Waals surface area contributed by atoms with Gasteiger partial charge in [0.1, 0.15) is 5.69 Å². The van der Waals surface area contributed by atoms with Gasteiger partial charge >= 0.3 is 5.97 Å². The van der Waals surface area contributed by atoms with Gasteiger partial charge in [-0.2, -0.15) is 0 Å². The van der Waals surface area contributed by atoms with Crippen LogP contribution in [-0.4, -0.2) is 52.2 Å². The van der Waals surface area contributed by atoms with Crippen molar-refractivity contribution in [3.63, 3.8) is 0 Å². The monoisotopic (exact) mass is 276 g/mol. The van der Waals surface area contributed by atoms with Crippen molar-refractivity contribution in [2.75, 3.05) is 19.8 Å². The van der Waals surface area contributed by atoms with Crippen LogP contribution in [0.3, 0.4) is 0 Å². The van der Waals surface area contributed by atoms with E-state index in [-0.39, 0.29) is 22.7 Å². The highest BCUT2D eigenvalue weighted by molar-refractivity contribution is 5.96. The average Bonchev–Trinajstić information content (AvgIpc) is 2.45. The van der Waals surface area contributed by atoms with Gasteiger partial charge in [-0.25, -0.2) is 4.79 Å². The third kappa shape index (κ3) is 2.06. The van der Waals surface area contributed by atoms with Crippen LogP contribution in [0, 0.1) is 0 Å². The van der Waals surface area contributed by atoms with E-state index in [2.05, 4.69) is 4.98 Å². The number of aromatic carboxylic acids is 1. The first-order chi connectivity index (χ1) is 9.62. The smallest absolute Gasteiger partial charge is 0.335 e. The van der Waals surface area contributed by atoms with Gasteiger partial charge in [0, 0.05) is 12.7 Å². The Labute approximate surface area is 116 Å². The molecule has 6 heteroatoms. The lowest BCUT2D eigenvalue weighted by Crippen LogP contribution is -2.62. The van der Waals surface area contributed by atoms with E-state index in [4.69, 9.17) is 9.84 Å². The summed E-state index contributed by atoms with van der Waals surface area (Å²) in [7, 11) is 0. The van der Waals surface area contributed by atoms with E-state index in [0.29, 0.717) is 19.8 Å². The van der Waals surface area contributed by atoms with Gasteiger partial charge in [-0.15, -0.1) is 0 Å². The molecule has 1 aliphatic carbocycles. The number of carboxylic acids is 1. The zero-order valence-electron chi connectivity index (χ0n) is 11.0. The predicted octanol–water partition coefficient (Wildman–Crippen LogP) is 1.17. The van der Waals surface area contributed by atoms with Crippen molar-refractivity contribution >= 4 is 11.9 Å². The molecule has 0 atom stereocenters. The summed E-state index contributed by atoms with van der Waals surface area (Å²) in [6, 6.07) is 2.73. The molecule has 1 aromatic rings. The summed E-state index contributed by atoms with van der Waals surface area (Å²) in [5.74, 6) is -1.25. The van der Waals surface area contributed by atoms with E-state index in [1.807, 2.05) is 4.90 Å². The summed E-state index contributed by atoms with van der Waals surface area (Å²) in [5, 5.41) is 8.99. The van der Waals surface area contributed by atoms with E-state index >= 15 is 0 Å². The fourth-order valence-corrected chi connectivity index (χ4v) is 2.87. The Morgan fingerprint density at radius 2 is 2.20 bits per heavy atom. The summed E-state index contributed by atoms with van der Waals surface area (Å²) in [6.45, 7) is 1.63. The van der Waals surface area contributed by atoms with Crippen molar-refractivity contribution in [3.05, 3.63) is 29.6 Å². The van der Waals surface area contributed by atoms with Crippen LogP contribution in [0.1, 0.15) is 40.1 Å². The molecule has 2 fully saturated rings. The molecule has 1 saturated carbocycles. The fraction of sp³-hybridized carbons (Fsp3) is 0.500. The predicted molar refractivity (Wildman–Crippen MR) is 69.6 cm³/mol. The maximum absolute atomic E-state index is 12.6. The number of nitrogens with zero attached hydrogens (tertiary/aromatic N) is 2. The third-order valence-electron chi connectivity index (χ3n) is 4.16. The topological polar surface area (TPSA) is 79.7 Å². The number of hydrogen-bond donors (Lipinski definition) is 1. The van der Waals surface area contributed by atoms with E-state index in [9.17, 15) is 9.59 Å². The van der Waals surface area contributed by atoms with Gasteiger partial charge in [0.25, 0.3) is 5.91 Å². The Morgan fingerprint density at radius 3 is 2.85 bits per heavy atom. The number of amides is 1. The molecule has 0 aromatic carbocycles. The molecule has 2 aliphatic rings. The van der Waals surface area contributed by atoms with E-state index < -0.39 is 5.97 Å². The summed E-state index contributed by atoms with van der Waals surface area (Å²) in [6.07, 6.45) is 4.34. The molecule has 0 bridgehead atoms. The van der Waals surface area contributed by atoms with Gasteiger partial charge in [0.15, 0.2) is 0 Å². The lowest BCUT2D eigenvalue weighted by atomic mass is 9.75. The average molecular weight is 276 g/mol. The van der Waals surface area contributed by atoms with Gasteiger partial charge in [0.05, 0.1) is 24.3 Å². The summed E-state index contributed by atoms with van der Waals surface area (Å²) in [4.78, 5) is 29.4. The van der Waals surface area contributed by atoms with Crippen molar-refractivity contribution in [2.45, 2.75) is 24.8 Å². The minimum atomic E-state index is -1.05. The minimum Gasteiger partial charge on any atom is -0.478 e. The second kappa shape index (κ2) is 4.86. The molecular formula is C14H16N2O4. The zero-order valence-corrected chi connectivity index (χ0v) is 11.0. The Hall–Kier alpha value is -1.95. The number of rotatable bonds is 2. The van der Waals surface area contributed by atoms with Crippen LogP contribution < -0.4 is 0 Å². The van der Waals surface area contributed by atoms with Gasteiger partial charge in [-0.1, -0.05) is 0 Å². The highest BCUT2D eigenvalue weighted by Crippen LogP contribution is 2.40. The van der Waals surface area contributed by atoms with Crippen LogP contribution in [0.15, 0.2) is 18.3 Å². The lowest BCUT2D eigenvalue weighted by Gasteiger charge is -2.52. The highest BCUT2D eigenvalue weighted by Gasteiger charge is 2.47. The molecule has 1 aliphatic heterocycles. The molecule has 1 amide bonds. The molecule has 1 saturated heterocycles.